The van der Waals surface area contributed by atoms with Crippen molar-refractivity contribution in [2.75, 3.05) is 45.1 Å². The second kappa shape index (κ2) is 7.07. The van der Waals surface area contributed by atoms with Crippen LogP contribution in [0.3, 0.4) is 0 Å². The SMILES string of the molecule is S=C1SCCN1CN1CCN(Cc2ccc(Br)s2)CC1. The van der Waals surface area contributed by atoms with Crippen molar-refractivity contribution in [3.63, 3.8) is 0 Å². The molecule has 2 aliphatic heterocycles. The van der Waals surface area contributed by atoms with E-state index in [9.17, 15) is 0 Å². The van der Waals surface area contributed by atoms with Crippen LogP contribution in [-0.2, 0) is 6.54 Å². The van der Waals surface area contributed by atoms with E-state index >= 15 is 0 Å². The number of rotatable bonds is 4. The van der Waals surface area contributed by atoms with Crippen molar-refractivity contribution < 1.29 is 0 Å². The van der Waals surface area contributed by atoms with Crippen LogP contribution in [-0.4, -0.2) is 64.2 Å². The van der Waals surface area contributed by atoms with Crippen LogP contribution in [0.5, 0.6) is 0 Å². The third kappa shape index (κ3) is 3.96. The topological polar surface area (TPSA) is 9.72 Å². The van der Waals surface area contributed by atoms with Gasteiger partial charge in [0.2, 0.25) is 0 Å². The Morgan fingerprint density at radius 3 is 2.45 bits per heavy atom. The van der Waals surface area contributed by atoms with Gasteiger partial charge < -0.3 is 4.90 Å². The summed E-state index contributed by atoms with van der Waals surface area (Å²) in [7, 11) is 0. The molecule has 0 aromatic carbocycles. The summed E-state index contributed by atoms with van der Waals surface area (Å²) in [4.78, 5) is 8.86. The van der Waals surface area contributed by atoms with E-state index in [4.69, 9.17) is 12.2 Å². The largest absolute Gasteiger partial charge is 0.344 e. The predicted octanol–water partition coefficient (Wildman–Crippen LogP) is 2.92. The first-order valence-corrected chi connectivity index (χ1v) is 9.82. The maximum absolute atomic E-state index is 5.37. The minimum Gasteiger partial charge on any atom is -0.344 e. The van der Waals surface area contributed by atoms with E-state index < -0.39 is 0 Å². The van der Waals surface area contributed by atoms with Gasteiger partial charge in [-0.15, -0.1) is 11.3 Å². The van der Waals surface area contributed by atoms with E-state index in [1.54, 1.807) is 0 Å². The first-order valence-electron chi connectivity index (χ1n) is 6.81. The molecule has 2 fully saturated rings. The highest BCUT2D eigenvalue weighted by molar-refractivity contribution is 9.11. The highest BCUT2D eigenvalue weighted by Crippen LogP contribution is 2.24. The summed E-state index contributed by atoms with van der Waals surface area (Å²) in [6.07, 6.45) is 0. The molecule has 3 rings (SSSR count). The Hall–Kier alpha value is 0.340. The summed E-state index contributed by atoms with van der Waals surface area (Å²) in [6.45, 7) is 7.83. The van der Waals surface area contributed by atoms with Gasteiger partial charge in [-0.3, -0.25) is 9.80 Å². The predicted molar refractivity (Wildman–Crippen MR) is 95.5 cm³/mol. The first-order chi connectivity index (χ1) is 9.70. The Bertz CT molecular complexity index is 471. The number of thiophene rings is 1. The molecular formula is C13H18BrN3S3. The van der Waals surface area contributed by atoms with E-state index in [0.29, 0.717) is 0 Å². The molecule has 0 amide bonds. The van der Waals surface area contributed by atoms with Crippen LogP contribution in [0.2, 0.25) is 0 Å². The Morgan fingerprint density at radius 1 is 1.10 bits per heavy atom. The normalized spacial score (nSPS) is 21.9. The third-order valence-electron chi connectivity index (χ3n) is 3.69. The number of hydrogen-bond donors (Lipinski definition) is 0. The molecule has 0 spiro atoms. The molecule has 110 valence electrons. The standard InChI is InChI=1S/C13H18BrN3S3/c14-12-2-1-11(20-12)9-15-3-5-16(6-4-15)10-17-7-8-19-13(17)18/h1-2H,3-10H2. The second-order valence-electron chi connectivity index (χ2n) is 5.12. The van der Waals surface area contributed by atoms with Gasteiger partial charge in [0, 0.05) is 49.9 Å². The lowest BCUT2D eigenvalue weighted by atomic mass is 10.3. The van der Waals surface area contributed by atoms with Gasteiger partial charge in [-0.1, -0.05) is 24.0 Å². The van der Waals surface area contributed by atoms with Crippen LogP contribution in [0.1, 0.15) is 4.88 Å². The summed E-state index contributed by atoms with van der Waals surface area (Å²) >= 11 is 12.6. The Labute approximate surface area is 142 Å². The smallest absolute Gasteiger partial charge is 0.137 e. The fourth-order valence-electron chi connectivity index (χ4n) is 2.54. The molecule has 0 N–H and O–H groups in total. The van der Waals surface area contributed by atoms with E-state index in [1.807, 2.05) is 23.1 Å². The zero-order valence-electron chi connectivity index (χ0n) is 11.3. The van der Waals surface area contributed by atoms with Crippen LogP contribution < -0.4 is 0 Å². The van der Waals surface area contributed by atoms with Gasteiger partial charge in [0.15, 0.2) is 0 Å². The number of thiocarbonyl (C=S) groups is 1. The minimum atomic E-state index is 1.02. The molecule has 3 heterocycles. The van der Waals surface area contributed by atoms with Crippen LogP contribution in [0.25, 0.3) is 0 Å². The van der Waals surface area contributed by atoms with Gasteiger partial charge in [-0.05, 0) is 28.1 Å². The molecule has 0 bridgehead atoms. The maximum Gasteiger partial charge on any atom is 0.137 e. The molecule has 0 radical (unpaired) electrons. The zero-order valence-corrected chi connectivity index (χ0v) is 15.3. The van der Waals surface area contributed by atoms with Gasteiger partial charge in [0.25, 0.3) is 0 Å². The lowest BCUT2D eigenvalue weighted by Gasteiger charge is -2.36. The van der Waals surface area contributed by atoms with E-state index in [1.165, 1.54) is 8.66 Å². The Kier molecular flexibility index (Phi) is 5.39. The lowest BCUT2D eigenvalue weighted by molar-refractivity contribution is 0.0994. The summed E-state index contributed by atoms with van der Waals surface area (Å²) in [5.41, 5.74) is 0. The summed E-state index contributed by atoms with van der Waals surface area (Å²) in [6, 6.07) is 4.36. The van der Waals surface area contributed by atoms with E-state index in [-0.39, 0.29) is 0 Å². The number of hydrogen-bond acceptors (Lipinski definition) is 5. The molecule has 0 unspecified atom stereocenters. The maximum atomic E-state index is 5.37. The van der Waals surface area contributed by atoms with E-state index in [0.717, 1.165) is 56.0 Å². The molecule has 0 aliphatic carbocycles. The monoisotopic (exact) mass is 391 g/mol. The summed E-state index contributed by atoms with van der Waals surface area (Å²) < 4.78 is 2.31. The van der Waals surface area contributed by atoms with Gasteiger partial charge >= 0.3 is 0 Å². The average Bonchev–Trinajstić information content (AvgIpc) is 3.02. The van der Waals surface area contributed by atoms with Crippen molar-refractivity contribution in [2.45, 2.75) is 6.54 Å². The van der Waals surface area contributed by atoms with E-state index in [2.05, 4.69) is 42.8 Å². The highest BCUT2D eigenvalue weighted by atomic mass is 79.9. The molecule has 2 aliphatic rings. The van der Waals surface area contributed by atoms with Crippen LogP contribution in [0.15, 0.2) is 15.9 Å². The van der Waals surface area contributed by atoms with Crippen molar-refractivity contribution in [3.8, 4) is 0 Å². The average molecular weight is 392 g/mol. The van der Waals surface area contributed by atoms with Crippen molar-refractivity contribution in [2.24, 2.45) is 0 Å². The Balaban J connectivity index is 1.43. The fourth-order valence-corrected chi connectivity index (χ4v) is 5.28. The highest BCUT2D eigenvalue weighted by Gasteiger charge is 2.23. The quantitative estimate of drug-likeness (QED) is 0.727. The lowest BCUT2D eigenvalue weighted by Crippen LogP contribution is -2.49. The van der Waals surface area contributed by atoms with Crippen LogP contribution in [0.4, 0.5) is 0 Å². The van der Waals surface area contributed by atoms with Crippen molar-refractivity contribution >= 4 is 55.6 Å². The molecule has 0 atom stereocenters. The number of thioether (sulfide) groups is 1. The molecule has 3 nitrogen and oxygen atoms in total. The Morgan fingerprint density at radius 2 is 1.85 bits per heavy atom. The zero-order chi connectivity index (χ0) is 13.9. The van der Waals surface area contributed by atoms with Gasteiger partial charge in [-0.2, -0.15) is 0 Å². The second-order valence-corrected chi connectivity index (χ2v) is 9.40. The fraction of sp³-hybridized carbons (Fsp3) is 0.615. The molecule has 20 heavy (non-hydrogen) atoms. The van der Waals surface area contributed by atoms with Crippen molar-refractivity contribution in [1.82, 2.24) is 14.7 Å². The van der Waals surface area contributed by atoms with Crippen molar-refractivity contribution in [1.29, 1.82) is 0 Å². The number of nitrogens with zero attached hydrogens (tertiary/aromatic N) is 3. The van der Waals surface area contributed by atoms with Gasteiger partial charge in [-0.25, -0.2) is 0 Å². The third-order valence-corrected chi connectivity index (χ3v) is 6.80. The molecule has 0 saturated carbocycles. The molecule has 2 saturated heterocycles. The summed E-state index contributed by atoms with van der Waals surface area (Å²) in [5.74, 6) is 1.16. The molecule has 1 aromatic heterocycles. The van der Waals surface area contributed by atoms with Crippen LogP contribution >= 0.6 is 51.2 Å². The molecule has 1 aromatic rings. The number of halogens is 1. The van der Waals surface area contributed by atoms with Crippen LogP contribution in [0, 0.1) is 0 Å². The van der Waals surface area contributed by atoms with Crippen molar-refractivity contribution in [3.05, 3.63) is 20.8 Å². The molecule has 7 heteroatoms. The molecular weight excluding hydrogens is 374 g/mol. The minimum absolute atomic E-state index is 1.02. The van der Waals surface area contributed by atoms with Gasteiger partial charge in [0.1, 0.15) is 4.32 Å². The summed E-state index contributed by atoms with van der Waals surface area (Å²) in [5, 5.41) is 0. The van der Waals surface area contributed by atoms with Gasteiger partial charge in [0.05, 0.1) is 10.5 Å². The number of piperazine rings is 1. The first kappa shape index (κ1) is 15.2.